The predicted molar refractivity (Wildman–Crippen MR) is 100 cm³/mol. The van der Waals surface area contributed by atoms with Gasteiger partial charge in [0.25, 0.3) is 0 Å². The number of carbonyl (C=O) groups excluding carboxylic acids is 1. The van der Waals surface area contributed by atoms with Gasteiger partial charge in [0.1, 0.15) is 5.52 Å². The zero-order valence-corrected chi connectivity index (χ0v) is 14.5. The van der Waals surface area contributed by atoms with Crippen LogP contribution in [0.5, 0.6) is 0 Å². The maximum atomic E-state index is 12.2. The van der Waals surface area contributed by atoms with Crippen LogP contribution >= 0.6 is 12.4 Å². The molecule has 0 saturated carbocycles. The molecule has 2 aromatic carbocycles. The van der Waals surface area contributed by atoms with Gasteiger partial charge in [-0.2, -0.15) is 0 Å². The van der Waals surface area contributed by atoms with E-state index in [1.54, 1.807) is 0 Å². The van der Waals surface area contributed by atoms with Crippen molar-refractivity contribution in [1.29, 1.82) is 0 Å². The molecule has 1 atom stereocenters. The van der Waals surface area contributed by atoms with Crippen LogP contribution in [0.25, 0.3) is 11.1 Å². The number of hydrogen-bond acceptors (Lipinski definition) is 4. The fourth-order valence-corrected chi connectivity index (χ4v) is 3.03. The molecule has 4 rings (SSSR count). The third-order valence-electron chi connectivity index (χ3n) is 4.28. The van der Waals surface area contributed by atoms with E-state index in [9.17, 15) is 4.79 Å². The molecule has 0 bridgehead atoms. The zero-order chi connectivity index (χ0) is 16.4. The molecule has 3 aromatic rings. The Morgan fingerprint density at radius 1 is 1.24 bits per heavy atom. The standard InChI is InChI=1S/C19H19N3O2.ClH/c23-19(16-7-4-10-20-16)21-14-8-9-15-17(12-14)24-18(22-15)11-13-5-2-1-3-6-13;/h1-3,5-6,8-9,12,16,20H,4,7,10-11H2,(H,21,23);1H. The lowest BCUT2D eigenvalue weighted by atomic mass is 10.1. The summed E-state index contributed by atoms with van der Waals surface area (Å²) in [5.41, 5.74) is 3.39. The van der Waals surface area contributed by atoms with Crippen molar-refractivity contribution < 1.29 is 9.21 Å². The molecule has 25 heavy (non-hydrogen) atoms. The van der Waals surface area contributed by atoms with E-state index in [1.807, 2.05) is 36.4 Å². The minimum atomic E-state index is -0.0935. The van der Waals surface area contributed by atoms with Crippen LogP contribution < -0.4 is 10.6 Å². The highest BCUT2D eigenvalue weighted by molar-refractivity contribution is 5.96. The fourth-order valence-electron chi connectivity index (χ4n) is 3.03. The lowest BCUT2D eigenvalue weighted by Gasteiger charge is -2.10. The molecule has 0 aliphatic carbocycles. The number of oxazole rings is 1. The molecule has 2 heterocycles. The number of amides is 1. The van der Waals surface area contributed by atoms with E-state index in [0.29, 0.717) is 17.9 Å². The Balaban J connectivity index is 0.00000182. The van der Waals surface area contributed by atoms with Gasteiger partial charge in [-0.1, -0.05) is 30.3 Å². The first-order chi connectivity index (χ1) is 11.8. The van der Waals surface area contributed by atoms with Gasteiger partial charge in [-0.15, -0.1) is 12.4 Å². The van der Waals surface area contributed by atoms with Crippen LogP contribution in [-0.4, -0.2) is 23.5 Å². The molecule has 6 heteroatoms. The van der Waals surface area contributed by atoms with E-state index in [1.165, 1.54) is 0 Å². The number of nitrogens with zero attached hydrogens (tertiary/aromatic N) is 1. The summed E-state index contributed by atoms with van der Waals surface area (Å²) >= 11 is 0. The quantitative estimate of drug-likeness (QED) is 0.749. The first-order valence-electron chi connectivity index (χ1n) is 8.25. The highest BCUT2D eigenvalue weighted by atomic mass is 35.5. The summed E-state index contributed by atoms with van der Waals surface area (Å²) in [5, 5.41) is 6.14. The minimum absolute atomic E-state index is 0. The van der Waals surface area contributed by atoms with Crippen molar-refractivity contribution in [3.8, 4) is 0 Å². The molecule has 130 valence electrons. The van der Waals surface area contributed by atoms with Crippen molar-refractivity contribution in [3.63, 3.8) is 0 Å². The van der Waals surface area contributed by atoms with E-state index < -0.39 is 0 Å². The van der Waals surface area contributed by atoms with Gasteiger partial charge in [-0.25, -0.2) is 4.98 Å². The first-order valence-corrected chi connectivity index (χ1v) is 8.25. The number of fused-ring (bicyclic) bond motifs is 1. The second-order valence-electron chi connectivity index (χ2n) is 6.09. The number of halogens is 1. The highest BCUT2D eigenvalue weighted by Crippen LogP contribution is 2.22. The molecular formula is C19H20ClN3O2. The molecule has 0 spiro atoms. The summed E-state index contributed by atoms with van der Waals surface area (Å²) in [6.07, 6.45) is 2.59. The number of aromatic nitrogens is 1. The molecular weight excluding hydrogens is 338 g/mol. The normalized spacial score (nSPS) is 16.6. The molecule has 1 amide bonds. The van der Waals surface area contributed by atoms with Gasteiger partial charge in [0, 0.05) is 18.2 Å². The average Bonchev–Trinajstić information content (AvgIpc) is 3.24. The summed E-state index contributed by atoms with van der Waals surface area (Å²) in [7, 11) is 0. The van der Waals surface area contributed by atoms with E-state index in [2.05, 4.69) is 27.8 Å². The average molecular weight is 358 g/mol. The summed E-state index contributed by atoms with van der Waals surface area (Å²) in [4.78, 5) is 16.7. The van der Waals surface area contributed by atoms with Gasteiger partial charge >= 0.3 is 0 Å². The second-order valence-corrected chi connectivity index (χ2v) is 6.09. The van der Waals surface area contributed by atoms with Crippen molar-refractivity contribution >= 4 is 35.1 Å². The number of benzene rings is 2. The first kappa shape index (κ1) is 17.5. The predicted octanol–water partition coefficient (Wildman–Crippen LogP) is 3.53. The van der Waals surface area contributed by atoms with Crippen LogP contribution in [0.3, 0.4) is 0 Å². The largest absolute Gasteiger partial charge is 0.440 e. The Morgan fingerprint density at radius 3 is 2.84 bits per heavy atom. The van der Waals surface area contributed by atoms with Crippen molar-refractivity contribution in [2.75, 3.05) is 11.9 Å². The Bertz CT molecular complexity index is 857. The third-order valence-corrected chi connectivity index (χ3v) is 4.28. The van der Waals surface area contributed by atoms with Crippen LogP contribution in [0, 0.1) is 0 Å². The maximum Gasteiger partial charge on any atom is 0.241 e. The van der Waals surface area contributed by atoms with Crippen molar-refractivity contribution in [1.82, 2.24) is 10.3 Å². The maximum absolute atomic E-state index is 12.2. The minimum Gasteiger partial charge on any atom is -0.440 e. The van der Waals surface area contributed by atoms with Gasteiger partial charge < -0.3 is 15.1 Å². The van der Waals surface area contributed by atoms with E-state index >= 15 is 0 Å². The van der Waals surface area contributed by atoms with Crippen molar-refractivity contribution in [2.24, 2.45) is 0 Å². The lowest BCUT2D eigenvalue weighted by Crippen LogP contribution is -2.35. The Hall–Kier alpha value is -2.37. The van der Waals surface area contributed by atoms with Crippen molar-refractivity contribution in [2.45, 2.75) is 25.3 Å². The lowest BCUT2D eigenvalue weighted by molar-refractivity contribution is -0.117. The number of anilines is 1. The monoisotopic (exact) mass is 357 g/mol. The van der Waals surface area contributed by atoms with Crippen LogP contribution in [0.4, 0.5) is 5.69 Å². The van der Waals surface area contributed by atoms with E-state index in [4.69, 9.17) is 4.42 Å². The molecule has 1 saturated heterocycles. The molecule has 0 radical (unpaired) electrons. The summed E-state index contributed by atoms with van der Waals surface area (Å²) < 4.78 is 5.84. The highest BCUT2D eigenvalue weighted by Gasteiger charge is 2.22. The van der Waals surface area contributed by atoms with Crippen LogP contribution in [0.1, 0.15) is 24.3 Å². The zero-order valence-electron chi connectivity index (χ0n) is 13.7. The summed E-state index contributed by atoms with van der Waals surface area (Å²) in [6.45, 7) is 0.905. The second kappa shape index (κ2) is 7.68. The van der Waals surface area contributed by atoms with Crippen LogP contribution in [-0.2, 0) is 11.2 Å². The van der Waals surface area contributed by atoms with Crippen LogP contribution in [0.2, 0.25) is 0 Å². The van der Waals surface area contributed by atoms with Crippen molar-refractivity contribution in [3.05, 3.63) is 60.0 Å². The summed E-state index contributed by atoms with van der Waals surface area (Å²) in [5.74, 6) is 0.688. The van der Waals surface area contributed by atoms with E-state index in [-0.39, 0.29) is 24.4 Å². The van der Waals surface area contributed by atoms with Gasteiger partial charge in [-0.3, -0.25) is 4.79 Å². The fraction of sp³-hybridized carbons (Fsp3) is 0.263. The Labute approximate surface area is 152 Å². The van der Waals surface area contributed by atoms with E-state index in [0.717, 1.165) is 36.2 Å². The smallest absolute Gasteiger partial charge is 0.241 e. The summed E-state index contributed by atoms with van der Waals surface area (Å²) in [6, 6.07) is 15.6. The molecule has 1 unspecified atom stereocenters. The van der Waals surface area contributed by atoms with Gasteiger partial charge in [0.15, 0.2) is 11.5 Å². The SMILES string of the molecule is Cl.O=C(Nc1ccc2nc(Cc3ccccc3)oc2c1)C1CCCN1. The molecule has 5 nitrogen and oxygen atoms in total. The molecule has 1 aliphatic rings. The number of rotatable bonds is 4. The molecule has 2 N–H and O–H groups in total. The Morgan fingerprint density at radius 2 is 2.08 bits per heavy atom. The van der Waals surface area contributed by atoms with Gasteiger partial charge in [-0.05, 0) is 37.1 Å². The topological polar surface area (TPSA) is 67.2 Å². The number of nitrogens with one attached hydrogen (secondary N) is 2. The van der Waals surface area contributed by atoms with Gasteiger partial charge in [0.05, 0.1) is 6.04 Å². The third kappa shape index (κ3) is 4.00. The number of hydrogen-bond donors (Lipinski definition) is 2. The molecule has 1 aromatic heterocycles. The Kier molecular flexibility index (Phi) is 5.36. The molecule has 1 fully saturated rings. The number of carbonyl (C=O) groups is 1. The molecule has 1 aliphatic heterocycles. The van der Waals surface area contributed by atoms with Crippen LogP contribution in [0.15, 0.2) is 52.9 Å². The van der Waals surface area contributed by atoms with Gasteiger partial charge in [0.2, 0.25) is 5.91 Å².